The molecule has 5 nitrogen and oxygen atoms in total. The van der Waals surface area contributed by atoms with Crippen molar-refractivity contribution in [2.75, 3.05) is 52.9 Å². The van der Waals surface area contributed by atoms with Crippen molar-refractivity contribution >= 4 is 5.91 Å². The van der Waals surface area contributed by atoms with Gasteiger partial charge in [0.05, 0.1) is 5.92 Å². The number of benzene rings is 2. The summed E-state index contributed by atoms with van der Waals surface area (Å²) in [6, 6.07) is 19.1. The lowest BCUT2D eigenvalue weighted by Crippen LogP contribution is -2.51. The predicted octanol–water partition coefficient (Wildman–Crippen LogP) is 3.00. The number of hydrogen-bond donors (Lipinski definition) is 1. The number of aryl methyl sites for hydroxylation is 1. The summed E-state index contributed by atoms with van der Waals surface area (Å²) in [7, 11) is 2.20. The van der Waals surface area contributed by atoms with Gasteiger partial charge < -0.3 is 15.1 Å². The van der Waals surface area contributed by atoms with Crippen LogP contribution in [0.1, 0.15) is 23.1 Å². The van der Waals surface area contributed by atoms with Crippen LogP contribution >= 0.6 is 0 Å². The Labute approximate surface area is 193 Å². The summed E-state index contributed by atoms with van der Waals surface area (Å²) in [4.78, 5) is 20.7. The van der Waals surface area contributed by atoms with Crippen LogP contribution in [0.5, 0.6) is 0 Å². The van der Waals surface area contributed by atoms with E-state index in [0.717, 1.165) is 64.3 Å². The van der Waals surface area contributed by atoms with E-state index in [0.29, 0.717) is 12.5 Å². The first-order valence-electron chi connectivity index (χ1n) is 12.1. The monoisotopic (exact) mass is 434 g/mol. The minimum absolute atomic E-state index is 0.0513. The predicted molar refractivity (Wildman–Crippen MR) is 130 cm³/mol. The summed E-state index contributed by atoms with van der Waals surface area (Å²) in [5.74, 6) is 0.785. The summed E-state index contributed by atoms with van der Waals surface area (Å²) < 4.78 is 0. The van der Waals surface area contributed by atoms with Crippen LogP contribution in [-0.4, -0.2) is 73.5 Å². The Bertz CT molecular complexity index is 846. The Morgan fingerprint density at radius 2 is 1.62 bits per heavy atom. The number of carbonyl (C=O) groups excluding carboxylic acids is 1. The van der Waals surface area contributed by atoms with E-state index in [-0.39, 0.29) is 11.8 Å². The van der Waals surface area contributed by atoms with Crippen molar-refractivity contribution in [3.8, 4) is 0 Å². The van der Waals surface area contributed by atoms with E-state index in [2.05, 4.69) is 88.6 Å². The van der Waals surface area contributed by atoms with Gasteiger partial charge in [-0.15, -0.1) is 0 Å². The van der Waals surface area contributed by atoms with Crippen LogP contribution in [0.15, 0.2) is 54.6 Å². The molecule has 1 amide bonds. The van der Waals surface area contributed by atoms with Crippen LogP contribution in [0.3, 0.4) is 0 Å². The van der Waals surface area contributed by atoms with Crippen molar-refractivity contribution in [1.29, 1.82) is 0 Å². The minimum atomic E-state index is 0.0513. The average Bonchev–Trinajstić information content (AvgIpc) is 2.80. The standard InChI is InChI=1S/C27H38N4O/c1-22-8-10-23(11-9-22)17-28-27(32)26-16-25(19-30-14-12-29(2)13-15-30)20-31(21-26)18-24-6-4-3-5-7-24/h3-11,25-26H,12-21H2,1-2H3,(H,28,32)/t25-,26-/m1/s1. The molecule has 2 atom stereocenters. The molecule has 0 saturated carbocycles. The Hall–Kier alpha value is -2.21. The zero-order valence-electron chi connectivity index (χ0n) is 19.7. The number of nitrogens with one attached hydrogen (secondary N) is 1. The molecule has 172 valence electrons. The van der Waals surface area contributed by atoms with Gasteiger partial charge in [-0.2, -0.15) is 0 Å². The largest absolute Gasteiger partial charge is 0.352 e. The molecule has 2 aromatic carbocycles. The third-order valence-corrected chi connectivity index (χ3v) is 6.93. The van der Waals surface area contributed by atoms with E-state index in [1.54, 1.807) is 0 Å². The van der Waals surface area contributed by atoms with Gasteiger partial charge in [0, 0.05) is 58.9 Å². The molecule has 2 saturated heterocycles. The van der Waals surface area contributed by atoms with E-state index in [1.165, 1.54) is 11.1 Å². The molecule has 0 unspecified atom stereocenters. The number of hydrogen-bond acceptors (Lipinski definition) is 4. The van der Waals surface area contributed by atoms with E-state index >= 15 is 0 Å². The first-order valence-corrected chi connectivity index (χ1v) is 12.1. The molecule has 2 fully saturated rings. The second-order valence-electron chi connectivity index (χ2n) is 9.79. The van der Waals surface area contributed by atoms with Crippen molar-refractivity contribution < 1.29 is 4.79 Å². The van der Waals surface area contributed by atoms with Crippen LogP contribution in [0.25, 0.3) is 0 Å². The van der Waals surface area contributed by atoms with Crippen LogP contribution in [-0.2, 0) is 17.9 Å². The summed E-state index contributed by atoms with van der Waals surface area (Å²) in [6.07, 6.45) is 0.983. The summed E-state index contributed by atoms with van der Waals surface area (Å²) in [5.41, 5.74) is 3.73. The maximum Gasteiger partial charge on any atom is 0.224 e. The third-order valence-electron chi connectivity index (χ3n) is 6.93. The quantitative estimate of drug-likeness (QED) is 0.727. The average molecular weight is 435 g/mol. The molecule has 32 heavy (non-hydrogen) atoms. The molecule has 0 bridgehead atoms. The number of rotatable bonds is 7. The van der Waals surface area contributed by atoms with E-state index in [1.807, 2.05) is 0 Å². The van der Waals surface area contributed by atoms with Gasteiger partial charge in [0.25, 0.3) is 0 Å². The number of piperazine rings is 1. The zero-order chi connectivity index (χ0) is 22.3. The smallest absolute Gasteiger partial charge is 0.224 e. The van der Waals surface area contributed by atoms with Gasteiger partial charge in [0.1, 0.15) is 0 Å². The first-order chi connectivity index (χ1) is 15.5. The third kappa shape index (κ3) is 6.64. The molecule has 0 aliphatic carbocycles. The fourth-order valence-electron chi connectivity index (χ4n) is 5.03. The van der Waals surface area contributed by atoms with Gasteiger partial charge in [-0.05, 0) is 37.4 Å². The molecule has 2 aromatic rings. The fourth-order valence-corrected chi connectivity index (χ4v) is 5.03. The minimum Gasteiger partial charge on any atom is -0.352 e. The number of likely N-dealkylation sites (N-methyl/N-ethyl adjacent to an activating group) is 1. The van der Waals surface area contributed by atoms with Crippen LogP contribution in [0.2, 0.25) is 0 Å². The van der Waals surface area contributed by atoms with Crippen molar-refractivity contribution in [2.45, 2.75) is 26.4 Å². The molecule has 0 spiro atoms. The Kier molecular flexibility index (Phi) is 7.95. The molecule has 5 heteroatoms. The van der Waals surface area contributed by atoms with Gasteiger partial charge in [-0.1, -0.05) is 60.2 Å². The Balaban J connectivity index is 1.38. The molecule has 1 N–H and O–H groups in total. The highest BCUT2D eigenvalue weighted by atomic mass is 16.1. The van der Waals surface area contributed by atoms with E-state index in [4.69, 9.17) is 0 Å². The number of piperidine rings is 1. The Morgan fingerprint density at radius 3 is 2.34 bits per heavy atom. The van der Waals surface area contributed by atoms with Gasteiger partial charge in [-0.25, -0.2) is 0 Å². The topological polar surface area (TPSA) is 38.8 Å². The van der Waals surface area contributed by atoms with Crippen molar-refractivity contribution in [3.05, 3.63) is 71.3 Å². The first kappa shape index (κ1) is 23.0. The maximum atomic E-state index is 13.2. The lowest BCUT2D eigenvalue weighted by molar-refractivity contribution is -0.128. The molecule has 2 heterocycles. The van der Waals surface area contributed by atoms with Crippen LogP contribution in [0, 0.1) is 18.8 Å². The normalized spacial score (nSPS) is 23.2. The molecular formula is C27H38N4O. The highest BCUT2D eigenvalue weighted by Crippen LogP contribution is 2.25. The van der Waals surface area contributed by atoms with Gasteiger partial charge in [-0.3, -0.25) is 9.69 Å². The number of amides is 1. The van der Waals surface area contributed by atoms with Gasteiger partial charge in [0.15, 0.2) is 0 Å². The molecule has 4 rings (SSSR count). The SMILES string of the molecule is Cc1ccc(CNC(=O)[C@@H]2C[C@H](CN3CCN(C)CC3)CN(Cc3ccccc3)C2)cc1. The van der Waals surface area contributed by atoms with E-state index < -0.39 is 0 Å². The highest BCUT2D eigenvalue weighted by molar-refractivity contribution is 5.79. The van der Waals surface area contributed by atoms with Crippen molar-refractivity contribution in [1.82, 2.24) is 20.0 Å². The molecule has 2 aliphatic heterocycles. The summed E-state index contributed by atoms with van der Waals surface area (Å²) in [6.45, 7) is 11.2. The molecule has 0 aromatic heterocycles. The summed E-state index contributed by atoms with van der Waals surface area (Å²) in [5, 5.41) is 3.22. The van der Waals surface area contributed by atoms with Gasteiger partial charge in [0.2, 0.25) is 5.91 Å². The van der Waals surface area contributed by atoms with Crippen LogP contribution in [0.4, 0.5) is 0 Å². The number of nitrogens with zero attached hydrogens (tertiary/aromatic N) is 3. The molecular weight excluding hydrogens is 396 g/mol. The highest BCUT2D eigenvalue weighted by Gasteiger charge is 2.32. The molecule has 0 radical (unpaired) electrons. The molecule has 2 aliphatic rings. The van der Waals surface area contributed by atoms with E-state index in [9.17, 15) is 4.79 Å². The maximum absolute atomic E-state index is 13.2. The second kappa shape index (κ2) is 11.1. The number of carbonyl (C=O) groups is 1. The van der Waals surface area contributed by atoms with Crippen molar-refractivity contribution in [2.24, 2.45) is 11.8 Å². The zero-order valence-corrected chi connectivity index (χ0v) is 19.7. The number of likely N-dealkylation sites (tertiary alicyclic amines) is 1. The lowest BCUT2D eigenvalue weighted by atomic mass is 9.87. The Morgan fingerprint density at radius 1 is 0.906 bits per heavy atom. The lowest BCUT2D eigenvalue weighted by Gasteiger charge is -2.41. The summed E-state index contributed by atoms with van der Waals surface area (Å²) >= 11 is 0. The van der Waals surface area contributed by atoms with Crippen LogP contribution < -0.4 is 5.32 Å². The fraction of sp³-hybridized carbons (Fsp3) is 0.519. The second-order valence-corrected chi connectivity index (χ2v) is 9.79. The van der Waals surface area contributed by atoms with Crippen molar-refractivity contribution in [3.63, 3.8) is 0 Å². The van der Waals surface area contributed by atoms with Gasteiger partial charge >= 0.3 is 0 Å².